The number of aryl methyl sites for hydroxylation is 1. The summed E-state index contributed by atoms with van der Waals surface area (Å²) in [6.45, 7) is 4.24. The van der Waals surface area contributed by atoms with Crippen LogP contribution in [0.3, 0.4) is 0 Å². The summed E-state index contributed by atoms with van der Waals surface area (Å²) in [5.74, 6) is 1.18. The molecule has 0 saturated carbocycles. The van der Waals surface area contributed by atoms with Crippen molar-refractivity contribution in [3.63, 3.8) is 0 Å². The molecule has 1 aromatic rings. The molecule has 3 atom stereocenters. The lowest BCUT2D eigenvalue weighted by Crippen LogP contribution is -2.49. The second-order valence-electron chi connectivity index (χ2n) is 6.40. The van der Waals surface area contributed by atoms with Crippen LogP contribution in [0.25, 0.3) is 0 Å². The SMILES string of the molecule is c1cc2c(o1)CCCC2NCC1CN2CCCC2CO1. The van der Waals surface area contributed by atoms with E-state index in [1.165, 1.54) is 43.6 Å². The first-order valence-electron chi connectivity index (χ1n) is 8.05. The van der Waals surface area contributed by atoms with Crippen molar-refractivity contribution in [1.29, 1.82) is 0 Å². The smallest absolute Gasteiger partial charge is 0.108 e. The predicted molar refractivity (Wildman–Crippen MR) is 76.7 cm³/mol. The molecule has 20 heavy (non-hydrogen) atoms. The molecule has 1 aliphatic carbocycles. The normalized spacial score (nSPS) is 33.9. The summed E-state index contributed by atoms with van der Waals surface area (Å²) >= 11 is 0. The number of furan rings is 1. The highest BCUT2D eigenvalue weighted by molar-refractivity contribution is 5.24. The van der Waals surface area contributed by atoms with Gasteiger partial charge in [-0.3, -0.25) is 4.90 Å². The lowest BCUT2D eigenvalue weighted by Gasteiger charge is -2.36. The summed E-state index contributed by atoms with van der Waals surface area (Å²) in [7, 11) is 0. The van der Waals surface area contributed by atoms with E-state index >= 15 is 0 Å². The van der Waals surface area contributed by atoms with Gasteiger partial charge in [0.15, 0.2) is 0 Å². The van der Waals surface area contributed by atoms with Gasteiger partial charge >= 0.3 is 0 Å². The zero-order chi connectivity index (χ0) is 13.4. The second kappa shape index (κ2) is 5.51. The van der Waals surface area contributed by atoms with Gasteiger partial charge in [0.05, 0.1) is 19.0 Å². The molecule has 0 spiro atoms. The molecule has 110 valence electrons. The summed E-state index contributed by atoms with van der Waals surface area (Å²) in [5.41, 5.74) is 1.37. The minimum atomic E-state index is 0.349. The number of hydrogen-bond acceptors (Lipinski definition) is 4. The molecule has 0 bridgehead atoms. The first kappa shape index (κ1) is 12.9. The third-order valence-corrected chi connectivity index (χ3v) is 5.11. The number of rotatable bonds is 3. The maximum atomic E-state index is 6.02. The minimum absolute atomic E-state index is 0.349. The molecule has 3 unspecified atom stereocenters. The topological polar surface area (TPSA) is 37.6 Å². The average molecular weight is 276 g/mol. The van der Waals surface area contributed by atoms with Crippen molar-refractivity contribution in [3.05, 3.63) is 23.7 Å². The van der Waals surface area contributed by atoms with Crippen LogP contribution >= 0.6 is 0 Å². The van der Waals surface area contributed by atoms with Gasteiger partial charge in [-0.2, -0.15) is 0 Å². The van der Waals surface area contributed by atoms with Gasteiger partial charge in [0.2, 0.25) is 0 Å². The number of nitrogens with zero attached hydrogens (tertiary/aromatic N) is 1. The minimum Gasteiger partial charge on any atom is -0.469 e. The summed E-state index contributed by atoms with van der Waals surface area (Å²) in [5, 5.41) is 3.70. The van der Waals surface area contributed by atoms with Gasteiger partial charge in [-0.05, 0) is 38.3 Å². The number of morpholine rings is 1. The Morgan fingerprint density at radius 3 is 3.30 bits per heavy atom. The van der Waals surface area contributed by atoms with Crippen LogP contribution in [0.2, 0.25) is 0 Å². The summed E-state index contributed by atoms with van der Waals surface area (Å²) < 4.78 is 11.6. The van der Waals surface area contributed by atoms with E-state index in [1.54, 1.807) is 0 Å². The zero-order valence-electron chi connectivity index (χ0n) is 12.0. The molecular formula is C16H24N2O2. The molecule has 1 N–H and O–H groups in total. The zero-order valence-corrected chi connectivity index (χ0v) is 12.0. The van der Waals surface area contributed by atoms with Gasteiger partial charge in [-0.25, -0.2) is 0 Å². The van der Waals surface area contributed by atoms with Gasteiger partial charge in [0, 0.05) is 37.2 Å². The number of fused-ring (bicyclic) bond motifs is 2. The van der Waals surface area contributed by atoms with Crippen LogP contribution in [0, 0.1) is 0 Å². The van der Waals surface area contributed by atoms with Crippen LogP contribution < -0.4 is 5.32 Å². The Balaban J connectivity index is 1.33. The van der Waals surface area contributed by atoms with Crippen molar-refractivity contribution in [2.75, 3.05) is 26.2 Å². The Kier molecular flexibility index (Phi) is 3.54. The van der Waals surface area contributed by atoms with E-state index in [2.05, 4.69) is 16.3 Å². The Labute approximate surface area is 120 Å². The molecule has 4 heteroatoms. The molecule has 4 rings (SSSR count). The quantitative estimate of drug-likeness (QED) is 0.917. The van der Waals surface area contributed by atoms with Crippen LogP contribution in [-0.2, 0) is 11.2 Å². The maximum absolute atomic E-state index is 6.02. The molecule has 2 aliphatic heterocycles. The van der Waals surface area contributed by atoms with Gasteiger partial charge in [0.25, 0.3) is 0 Å². The Hall–Kier alpha value is -0.840. The highest BCUT2D eigenvalue weighted by Crippen LogP contribution is 2.30. The van der Waals surface area contributed by atoms with E-state index in [0.29, 0.717) is 18.2 Å². The van der Waals surface area contributed by atoms with E-state index in [4.69, 9.17) is 9.15 Å². The van der Waals surface area contributed by atoms with Gasteiger partial charge < -0.3 is 14.5 Å². The monoisotopic (exact) mass is 276 g/mol. The first-order valence-corrected chi connectivity index (χ1v) is 8.05. The third kappa shape index (κ3) is 2.41. The fourth-order valence-electron chi connectivity index (χ4n) is 3.98. The maximum Gasteiger partial charge on any atom is 0.108 e. The van der Waals surface area contributed by atoms with Gasteiger partial charge in [0.1, 0.15) is 5.76 Å². The van der Waals surface area contributed by atoms with E-state index in [-0.39, 0.29) is 0 Å². The van der Waals surface area contributed by atoms with Gasteiger partial charge in [-0.1, -0.05) is 0 Å². The molecule has 2 saturated heterocycles. The molecule has 0 aromatic carbocycles. The van der Waals surface area contributed by atoms with Crippen molar-refractivity contribution >= 4 is 0 Å². The lowest BCUT2D eigenvalue weighted by molar-refractivity contribution is -0.0480. The van der Waals surface area contributed by atoms with Crippen molar-refractivity contribution in [1.82, 2.24) is 10.2 Å². The lowest BCUT2D eigenvalue weighted by atomic mass is 9.93. The molecule has 0 amide bonds. The molecular weight excluding hydrogens is 252 g/mol. The van der Waals surface area contributed by atoms with E-state index < -0.39 is 0 Å². The number of ether oxygens (including phenoxy) is 1. The largest absolute Gasteiger partial charge is 0.469 e. The fourth-order valence-corrected chi connectivity index (χ4v) is 3.98. The Morgan fingerprint density at radius 1 is 1.30 bits per heavy atom. The average Bonchev–Trinajstić information content (AvgIpc) is 3.13. The Morgan fingerprint density at radius 2 is 2.30 bits per heavy atom. The fraction of sp³-hybridized carbons (Fsp3) is 0.750. The highest BCUT2D eigenvalue weighted by Gasteiger charge is 2.32. The standard InChI is InChI=1S/C16H24N2O2/c1-4-15(14-6-8-19-16(14)5-1)17-9-13-10-18-7-2-3-12(18)11-20-13/h6,8,12-13,15,17H,1-5,7,9-11H2. The van der Waals surface area contributed by atoms with Crippen molar-refractivity contribution in [2.24, 2.45) is 0 Å². The van der Waals surface area contributed by atoms with Crippen LogP contribution in [-0.4, -0.2) is 43.3 Å². The second-order valence-corrected chi connectivity index (χ2v) is 6.40. The summed E-state index contributed by atoms with van der Waals surface area (Å²) in [6, 6.07) is 3.28. The first-order chi connectivity index (χ1) is 9.90. The van der Waals surface area contributed by atoms with Crippen LogP contribution in [0.1, 0.15) is 43.0 Å². The van der Waals surface area contributed by atoms with Crippen molar-refractivity contribution in [3.8, 4) is 0 Å². The third-order valence-electron chi connectivity index (χ3n) is 5.11. The molecule has 3 aliphatic rings. The molecule has 1 aromatic heterocycles. The molecule has 3 heterocycles. The highest BCUT2D eigenvalue weighted by atomic mass is 16.5. The van der Waals surface area contributed by atoms with Crippen LogP contribution in [0.4, 0.5) is 0 Å². The molecule has 4 nitrogen and oxygen atoms in total. The number of hydrogen-bond donors (Lipinski definition) is 1. The Bertz CT molecular complexity index is 459. The van der Waals surface area contributed by atoms with E-state index in [9.17, 15) is 0 Å². The van der Waals surface area contributed by atoms with Crippen LogP contribution in [0.15, 0.2) is 16.7 Å². The predicted octanol–water partition coefficient (Wildman–Crippen LogP) is 2.11. The van der Waals surface area contributed by atoms with Gasteiger partial charge in [-0.15, -0.1) is 0 Å². The van der Waals surface area contributed by atoms with Crippen LogP contribution in [0.5, 0.6) is 0 Å². The summed E-state index contributed by atoms with van der Waals surface area (Å²) in [6.07, 6.45) is 8.37. The van der Waals surface area contributed by atoms with Crippen molar-refractivity contribution < 1.29 is 9.15 Å². The number of nitrogens with one attached hydrogen (secondary N) is 1. The summed E-state index contributed by atoms with van der Waals surface area (Å²) in [4.78, 5) is 2.61. The molecule has 0 radical (unpaired) electrons. The van der Waals surface area contributed by atoms with E-state index in [0.717, 1.165) is 26.1 Å². The van der Waals surface area contributed by atoms with E-state index in [1.807, 2.05) is 6.26 Å². The van der Waals surface area contributed by atoms with Crippen molar-refractivity contribution in [2.45, 2.75) is 50.3 Å². The molecule has 2 fully saturated rings.